The monoisotopic (exact) mass is 310 g/mol. The maximum Gasteiger partial charge on any atom is 0.0897 e. The molecule has 0 aliphatic heterocycles. The van der Waals surface area contributed by atoms with Crippen molar-refractivity contribution in [1.82, 2.24) is 10.3 Å². The second-order valence-electron chi connectivity index (χ2n) is 3.95. The third kappa shape index (κ3) is 3.37. The normalized spacial score (nSPS) is 12.6. The van der Waals surface area contributed by atoms with Crippen molar-refractivity contribution in [3.05, 3.63) is 50.4 Å². The third-order valence-electron chi connectivity index (χ3n) is 2.68. The van der Waals surface area contributed by atoms with Gasteiger partial charge in [-0.05, 0) is 38.1 Å². The first kappa shape index (κ1) is 12.7. The summed E-state index contributed by atoms with van der Waals surface area (Å²) < 4.78 is 1.12. The van der Waals surface area contributed by atoms with Crippen LogP contribution in [0.5, 0.6) is 0 Å². The molecule has 0 bridgehead atoms. The lowest BCUT2D eigenvalue weighted by molar-refractivity contribution is 0.601. The molecule has 1 atom stereocenters. The van der Waals surface area contributed by atoms with Crippen molar-refractivity contribution in [2.45, 2.75) is 19.4 Å². The third-order valence-corrected chi connectivity index (χ3v) is 4.24. The lowest BCUT2D eigenvalue weighted by atomic mass is 10.1. The first-order valence-electron chi connectivity index (χ1n) is 5.53. The highest BCUT2D eigenvalue weighted by Gasteiger charge is 2.12. The summed E-state index contributed by atoms with van der Waals surface area (Å²) in [5.41, 5.74) is 1.33. The number of thiazole rings is 1. The Bertz CT molecular complexity index is 478. The van der Waals surface area contributed by atoms with Crippen LogP contribution in [0.4, 0.5) is 0 Å². The molecule has 1 N–H and O–H groups in total. The number of aromatic nitrogens is 1. The topological polar surface area (TPSA) is 24.9 Å². The van der Waals surface area contributed by atoms with Crippen molar-refractivity contribution in [1.29, 1.82) is 0 Å². The highest BCUT2D eigenvalue weighted by Crippen LogP contribution is 2.24. The van der Waals surface area contributed by atoms with Crippen molar-refractivity contribution in [3.8, 4) is 0 Å². The second kappa shape index (κ2) is 5.76. The molecule has 0 spiro atoms. The van der Waals surface area contributed by atoms with Crippen molar-refractivity contribution in [3.63, 3.8) is 0 Å². The molecule has 2 aromatic rings. The van der Waals surface area contributed by atoms with Crippen LogP contribution in [0.15, 0.2) is 34.9 Å². The quantitative estimate of drug-likeness (QED) is 0.931. The van der Waals surface area contributed by atoms with Crippen LogP contribution in [0.25, 0.3) is 0 Å². The largest absolute Gasteiger partial charge is 0.312 e. The van der Waals surface area contributed by atoms with Gasteiger partial charge in [0.15, 0.2) is 0 Å². The Morgan fingerprint density at radius 1 is 1.35 bits per heavy atom. The van der Waals surface area contributed by atoms with Crippen molar-refractivity contribution in [2.24, 2.45) is 0 Å². The van der Waals surface area contributed by atoms with Gasteiger partial charge in [-0.3, -0.25) is 0 Å². The van der Waals surface area contributed by atoms with Gasteiger partial charge in [-0.25, -0.2) is 4.98 Å². The van der Waals surface area contributed by atoms with Gasteiger partial charge in [0.1, 0.15) is 0 Å². The fourth-order valence-corrected chi connectivity index (χ4v) is 2.90. The summed E-state index contributed by atoms with van der Waals surface area (Å²) in [5.74, 6) is 0. The molecule has 1 heterocycles. The number of rotatable bonds is 4. The van der Waals surface area contributed by atoms with Crippen molar-refractivity contribution < 1.29 is 0 Å². The minimum atomic E-state index is 0.349. The smallest absolute Gasteiger partial charge is 0.0897 e. The van der Waals surface area contributed by atoms with Gasteiger partial charge >= 0.3 is 0 Å². The molecular weight excluding hydrogens is 296 g/mol. The lowest BCUT2D eigenvalue weighted by Gasteiger charge is -2.14. The molecule has 1 aromatic carbocycles. The van der Waals surface area contributed by atoms with E-state index in [1.807, 2.05) is 20.2 Å². The number of nitrogens with zero attached hydrogens (tertiary/aromatic N) is 1. The van der Waals surface area contributed by atoms with E-state index in [1.165, 1.54) is 10.4 Å². The molecule has 1 unspecified atom stereocenters. The van der Waals surface area contributed by atoms with Crippen LogP contribution in [0, 0.1) is 6.92 Å². The number of aryl methyl sites for hydroxylation is 1. The predicted octanol–water partition coefficient (Wildman–Crippen LogP) is 3.72. The van der Waals surface area contributed by atoms with Crippen molar-refractivity contribution in [2.75, 3.05) is 7.05 Å². The maximum atomic E-state index is 4.31. The van der Waals surface area contributed by atoms with Gasteiger partial charge in [0.2, 0.25) is 0 Å². The molecule has 1 aromatic heterocycles. The number of likely N-dealkylation sites (N-methyl/N-ethyl adjacent to an activating group) is 1. The van der Waals surface area contributed by atoms with E-state index in [-0.39, 0.29) is 0 Å². The van der Waals surface area contributed by atoms with E-state index >= 15 is 0 Å². The number of nitrogens with one attached hydrogen (secondary N) is 1. The molecule has 0 saturated carbocycles. The second-order valence-corrected chi connectivity index (χ2v) is 6.14. The van der Waals surface area contributed by atoms with Crippen LogP contribution >= 0.6 is 27.3 Å². The SMILES string of the molecule is CNC(Cc1ccc(Br)cc1)c1cnc(C)s1. The summed E-state index contributed by atoms with van der Waals surface area (Å²) in [7, 11) is 2.00. The van der Waals surface area contributed by atoms with E-state index in [1.54, 1.807) is 11.3 Å². The summed E-state index contributed by atoms with van der Waals surface area (Å²) in [6.45, 7) is 2.04. The average molecular weight is 311 g/mol. The zero-order chi connectivity index (χ0) is 12.3. The molecular formula is C13H15BrN2S. The molecule has 0 aliphatic rings. The Morgan fingerprint density at radius 3 is 2.59 bits per heavy atom. The fourth-order valence-electron chi connectivity index (χ4n) is 1.74. The average Bonchev–Trinajstić information content (AvgIpc) is 2.75. The van der Waals surface area contributed by atoms with Gasteiger partial charge < -0.3 is 5.32 Å². The van der Waals surface area contributed by atoms with E-state index in [2.05, 4.69) is 50.5 Å². The van der Waals surface area contributed by atoms with Crippen LogP contribution < -0.4 is 5.32 Å². The Balaban J connectivity index is 2.12. The molecule has 2 rings (SSSR count). The molecule has 0 fully saturated rings. The van der Waals surface area contributed by atoms with Crippen molar-refractivity contribution >= 4 is 27.3 Å². The molecule has 2 nitrogen and oxygen atoms in total. The van der Waals surface area contributed by atoms with E-state index in [4.69, 9.17) is 0 Å². The molecule has 17 heavy (non-hydrogen) atoms. The van der Waals surface area contributed by atoms with Crippen LogP contribution in [-0.4, -0.2) is 12.0 Å². The summed E-state index contributed by atoms with van der Waals surface area (Å²) in [4.78, 5) is 5.61. The van der Waals surface area contributed by atoms with E-state index in [0.717, 1.165) is 15.9 Å². The van der Waals surface area contributed by atoms with E-state index in [0.29, 0.717) is 6.04 Å². The zero-order valence-electron chi connectivity index (χ0n) is 9.90. The molecule has 0 aliphatic carbocycles. The lowest BCUT2D eigenvalue weighted by Crippen LogP contribution is -2.17. The number of benzene rings is 1. The standard InChI is InChI=1S/C13H15BrN2S/c1-9-16-8-13(17-9)12(15-2)7-10-3-5-11(14)6-4-10/h3-6,8,12,15H,7H2,1-2H3. The van der Waals surface area contributed by atoms with Crippen LogP contribution in [-0.2, 0) is 6.42 Å². The van der Waals surface area contributed by atoms with E-state index in [9.17, 15) is 0 Å². The molecule has 4 heteroatoms. The van der Waals surface area contributed by atoms with Gasteiger partial charge in [-0.15, -0.1) is 11.3 Å². The Kier molecular flexibility index (Phi) is 4.31. The highest BCUT2D eigenvalue weighted by molar-refractivity contribution is 9.10. The molecule has 0 saturated heterocycles. The summed E-state index contributed by atoms with van der Waals surface area (Å²) in [6, 6.07) is 8.83. The zero-order valence-corrected chi connectivity index (χ0v) is 12.3. The van der Waals surface area contributed by atoms with E-state index < -0.39 is 0 Å². The summed E-state index contributed by atoms with van der Waals surface area (Å²) in [6.07, 6.45) is 2.96. The van der Waals surface area contributed by atoms with Crippen LogP contribution in [0.3, 0.4) is 0 Å². The minimum absolute atomic E-state index is 0.349. The number of hydrogen-bond donors (Lipinski definition) is 1. The van der Waals surface area contributed by atoms with Gasteiger partial charge in [0.05, 0.1) is 5.01 Å². The Hall–Kier alpha value is -0.710. The fraction of sp³-hybridized carbons (Fsp3) is 0.308. The Morgan fingerprint density at radius 2 is 2.06 bits per heavy atom. The first-order chi connectivity index (χ1) is 8.19. The van der Waals surface area contributed by atoms with Crippen LogP contribution in [0.2, 0.25) is 0 Å². The number of halogens is 1. The van der Waals surface area contributed by atoms with Gasteiger partial charge in [-0.2, -0.15) is 0 Å². The molecule has 90 valence electrons. The predicted molar refractivity (Wildman–Crippen MR) is 76.5 cm³/mol. The minimum Gasteiger partial charge on any atom is -0.312 e. The molecule has 0 radical (unpaired) electrons. The van der Waals surface area contributed by atoms with Crippen LogP contribution in [0.1, 0.15) is 21.5 Å². The summed E-state index contributed by atoms with van der Waals surface area (Å²) in [5, 5.41) is 4.47. The van der Waals surface area contributed by atoms with Gasteiger partial charge in [-0.1, -0.05) is 28.1 Å². The Labute approximate surface area is 114 Å². The van der Waals surface area contributed by atoms with Gasteiger partial charge in [0, 0.05) is 21.6 Å². The molecule has 0 amide bonds. The highest BCUT2D eigenvalue weighted by atomic mass is 79.9. The maximum absolute atomic E-state index is 4.31. The number of hydrogen-bond acceptors (Lipinski definition) is 3. The first-order valence-corrected chi connectivity index (χ1v) is 7.14. The summed E-state index contributed by atoms with van der Waals surface area (Å²) >= 11 is 5.21. The van der Waals surface area contributed by atoms with Gasteiger partial charge in [0.25, 0.3) is 0 Å².